The second-order valence-electron chi connectivity index (χ2n) is 7.76. The van der Waals surface area contributed by atoms with E-state index in [9.17, 15) is 9.18 Å². The van der Waals surface area contributed by atoms with Gasteiger partial charge in [0, 0.05) is 13.0 Å². The highest BCUT2D eigenvalue weighted by atomic mass is 19.1. The summed E-state index contributed by atoms with van der Waals surface area (Å²) in [6.07, 6.45) is 3.53. The number of hydrogen-bond acceptors (Lipinski definition) is 5. The van der Waals surface area contributed by atoms with Gasteiger partial charge in [-0.2, -0.15) is 0 Å². The van der Waals surface area contributed by atoms with E-state index in [4.69, 9.17) is 4.42 Å². The van der Waals surface area contributed by atoms with E-state index in [1.54, 1.807) is 30.0 Å². The van der Waals surface area contributed by atoms with Crippen LogP contribution in [0.5, 0.6) is 0 Å². The number of likely N-dealkylation sites (tertiary alicyclic amines) is 1. The topological polar surface area (TPSA) is 64.2 Å². The van der Waals surface area contributed by atoms with Gasteiger partial charge < -0.3 is 9.32 Å². The monoisotopic (exact) mass is 392 g/mol. The maximum Gasteiger partial charge on any atom is 0.261 e. The van der Waals surface area contributed by atoms with Crippen LogP contribution in [-0.2, 0) is 0 Å². The van der Waals surface area contributed by atoms with Gasteiger partial charge in [-0.15, -0.1) is 0 Å². The molecule has 0 spiro atoms. The third-order valence-corrected chi connectivity index (χ3v) is 5.75. The largest absolute Gasteiger partial charge is 0.441 e. The molecule has 1 fully saturated rings. The van der Waals surface area contributed by atoms with Crippen molar-refractivity contribution in [2.24, 2.45) is 0 Å². The predicted octanol–water partition coefficient (Wildman–Crippen LogP) is 3.92. The minimum absolute atomic E-state index is 0.0244. The van der Waals surface area contributed by atoms with Gasteiger partial charge in [-0.1, -0.05) is 6.07 Å². The van der Waals surface area contributed by atoms with Crippen LogP contribution in [0.2, 0.25) is 0 Å². The predicted molar refractivity (Wildman–Crippen MR) is 109 cm³/mol. The summed E-state index contributed by atoms with van der Waals surface area (Å²) in [6.45, 7) is 3.64. The molecule has 0 bridgehead atoms. The zero-order valence-electron chi connectivity index (χ0n) is 16.4. The van der Waals surface area contributed by atoms with Crippen LogP contribution in [0.3, 0.4) is 0 Å². The number of oxazole rings is 1. The molecule has 1 aliphatic heterocycles. The number of piperidine rings is 1. The van der Waals surface area contributed by atoms with Crippen LogP contribution in [0.25, 0.3) is 33.1 Å². The van der Waals surface area contributed by atoms with Crippen molar-refractivity contribution in [1.29, 1.82) is 0 Å². The molecule has 6 nitrogen and oxygen atoms in total. The molecule has 148 valence electrons. The lowest BCUT2D eigenvalue weighted by Crippen LogP contribution is -2.35. The highest BCUT2D eigenvalue weighted by Crippen LogP contribution is 2.29. The Hall–Kier alpha value is -3.06. The molecule has 2 aromatic carbocycles. The molecule has 2 aromatic heterocycles. The Morgan fingerprint density at radius 1 is 1.14 bits per heavy atom. The van der Waals surface area contributed by atoms with Crippen LogP contribution in [0.4, 0.5) is 4.39 Å². The number of rotatable bonds is 2. The molecule has 0 aliphatic carbocycles. The molecule has 3 heterocycles. The fraction of sp³-hybridized carbons (Fsp3) is 0.318. The Balaban J connectivity index is 1.56. The average molecular weight is 392 g/mol. The highest BCUT2D eigenvalue weighted by Gasteiger charge is 2.20. The molecule has 0 radical (unpaired) electrons. The Kier molecular flexibility index (Phi) is 4.20. The first-order valence-corrected chi connectivity index (χ1v) is 9.76. The Bertz CT molecular complexity index is 1290. The van der Waals surface area contributed by atoms with Gasteiger partial charge in [-0.25, -0.2) is 14.4 Å². The zero-order chi connectivity index (χ0) is 20.1. The normalized spacial score (nSPS) is 16.1. The SMILES string of the molecule is Cc1nc2c(F)cc(-c3ccc4c(=O)n(C5CCN(C)CC5)cnc4c3)cc2o1. The molecule has 4 aromatic rings. The summed E-state index contributed by atoms with van der Waals surface area (Å²) in [5.74, 6) is -0.00854. The van der Waals surface area contributed by atoms with Gasteiger partial charge in [-0.05, 0) is 68.4 Å². The summed E-state index contributed by atoms with van der Waals surface area (Å²) in [6, 6.07) is 8.80. The third kappa shape index (κ3) is 3.11. The van der Waals surface area contributed by atoms with E-state index in [0.717, 1.165) is 31.5 Å². The first-order chi connectivity index (χ1) is 14.0. The average Bonchev–Trinajstić information content (AvgIpc) is 3.10. The molecule has 7 heteroatoms. The number of halogens is 1. The van der Waals surface area contributed by atoms with Gasteiger partial charge >= 0.3 is 0 Å². The second kappa shape index (κ2) is 6.77. The number of fused-ring (bicyclic) bond motifs is 2. The first kappa shape index (κ1) is 18.0. The molecule has 0 amide bonds. The molecule has 0 unspecified atom stereocenters. The van der Waals surface area contributed by atoms with Crippen LogP contribution in [-0.4, -0.2) is 39.6 Å². The number of hydrogen-bond donors (Lipinski definition) is 0. The number of nitrogens with zero attached hydrogens (tertiary/aromatic N) is 4. The van der Waals surface area contributed by atoms with E-state index in [2.05, 4.69) is 21.9 Å². The van der Waals surface area contributed by atoms with Crippen molar-refractivity contribution in [3.8, 4) is 11.1 Å². The lowest BCUT2D eigenvalue weighted by molar-refractivity contribution is 0.218. The number of benzene rings is 2. The molecule has 1 saturated heterocycles. The minimum Gasteiger partial charge on any atom is -0.441 e. The van der Waals surface area contributed by atoms with Gasteiger partial charge in [0.05, 0.1) is 17.2 Å². The van der Waals surface area contributed by atoms with Gasteiger partial charge in [0.25, 0.3) is 5.56 Å². The molecule has 0 N–H and O–H groups in total. The Morgan fingerprint density at radius 2 is 1.93 bits per heavy atom. The lowest BCUT2D eigenvalue weighted by Gasteiger charge is -2.30. The van der Waals surface area contributed by atoms with E-state index in [0.29, 0.717) is 27.9 Å². The summed E-state index contributed by atoms with van der Waals surface area (Å²) in [7, 11) is 2.10. The van der Waals surface area contributed by atoms with Crippen LogP contribution < -0.4 is 5.56 Å². The van der Waals surface area contributed by atoms with Crippen LogP contribution in [0, 0.1) is 12.7 Å². The molecule has 1 aliphatic rings. The van der Waals surface area contributed by atoms with E-state index < -0.39 is 5.82 Å². The summed E-state index contributed by atoms with van der Waals surface area (Å²) in [5, 5.41) is 0.576. The Morgan fingerprint density at radius 3 is 2.72 bits per heavy atom. The quantitative estimate of drug-likeness (QED) is 0.517. The maximum absolute atomic E-state index is 14.4. The highest BCUT2D eigenvalue weighted by molar-refractivity contribution is 5.86. The minimum atomic E-state index is -0.430. The number of aromatic nitrogens is 3. The van der Waals surface area contributed by atoms with Gasteiger partial charge in [0.1, 0.15) is 5.52 Å². The van der Waals surface area contributed by atoms with Crippen molar-refractivity contribution in [3.05, 3.63) is 58.7 Å². The zero-order valence-corrected chi connectivity index (χ0v) is 16.4. The lowest BCUT2D eigenvalue weighted by atomic mass is 10.0. The van der Waals surface area contributed by atoms with Gasteiger partial charge in [0.15, 0.2) is 17.3 Å². The first-order valence-electron chi connectivity index (χ1n) is 9.76. The molecular weight excluding hydrogens is 371 g/mol. The van der Waals surface area contributed by atoms with Gasteiger partial charge in [-0.3, -0.25) is 9.36 Å². The van der Waals surface area contributed by atoms with Crippen molar-refractivity contribution in [1.82, 2.24) is 19.4 Å². The molecule has 29 heavy (non-hydrogen) atoms. The standard InChI is InChI=1S/C22H21FN4O2/c1-13-25-21-18(23)9-15(11-20(21)29-13)14-3-4-17-19(10-14)24-12-27(22(17)28)16-5-7-26(2)8-6-16/h3-4,9-12,16H,5-8H2,1-2H3. The summed E-state index contributed by atoms with van der Waals surface area (Å²) in [5.41, 5.74) is 2.65. The summed E-state index contributed by atoms with van der Waals surface area (Å²) >= 11 is 0. The maximum atomic E-state index is 14.4. The number of aryl methyl sites for hydroxylation is 1. The fourth-order valence-electron chi connectivity index (χ4n) is 4.11. The summed E-state index contributed by atoms with van der Waals surface area (Å²) < 4.78 is 21.7. The van der Waals surface area contributed by atoms with Crippen LogP contribution in [0.1, 0.15) is 24.8 Å². The van der Waals surface area contributed by atoms with Crippen molar-refractivity contribution in [3.63, 3.8) is 0 Å². The van der Waals surface area contributed by atoms with Crippen molar-refractivity contribution in [2.75, 3.05) is 20.1 Å². The Labute approximate surface area is 166 Å². The van der Waals surface area contributed by atoms with E-state index in [1.165, 1.54) is 6.07 Å². The summed E-state index contributed by atoms with van der Waals surface area (Å²) in [4.78, 5) is 23.9. The van der Waals surface area contributed by atoms with Crippen LogP contribution >= 0.6 is 0 Å². The second-order valence-corrected chi connectivity index (χ2v) is 7.76. The van der Waals surface area contributed by atoms with E-state index in [-0.39, 0.29) is 17.1 Å². The van der Waals surface area contributed by atoms with Crippen molar-refractivity contribution in [2.45, 2.75) is 25.8 Å². The molecule has 0 atom stereocenters. The van der Waals surface area contributed by atoms with Crippen LogP contribution in [0.15, 0.2) is 45.9 Å². The molecule has 0 saturated carbocycles. The van der Waals surface area contributed by atoms with Crippen molar-refractivity contribution < 1.29 is 8.81 Å². The molecule has 5 rings (SSSR count). The smallest absolute Gasteiger partial charge is 0.261 e. The van der Waals surface area contributed by atoms with E-state index in [1.807, 2.05) is 12.1 Å². The third-order valence-electron chi connectivity index (χ3n) is 5.75. The van der Waals surface area contributed by atoms with Crippen molar-refractivity contribution >= 4 is 22.0 Å². The molecular formula is C22H21FN4O2. The fourth-order valence-corrected chi connectivity index (χ4v) is 4.11. The van der Waals surface area contributed by atoms with Gasteiger partial charge in [0.2, 0.25) is 0 Å². The van der Waals surface area contributed by atoms with E-state index >= 15 is 0 Å².